The van der Waals surface area contributed by atoms with E-state index in [4.69, 9.17) is 0 Å². The first-order valence-electron chi connectivity index (χ1n) is 11.5. The summed E-state index contributed by atoms with van der Waals surface area (Å²) in [6.45, 7) is 1.62. The number of aliphatic hydroxyl groups is 1. The predicted molar refractivity (Wildman–Crippen MR) is 121 cm³/mol. The zero-order valence-corrected chi connectivity index (χ0v) is 19.9. The van der Waals surface area contributed by atoms with Crippen LogP contribution in [0.15, 0.2) is 45.5 Å². The molecule has 7 heteroatoms. The molecule has 0 aliphatic heterocycles. The highest BCUT2D eigenvalue weighted by Crippen LogP contribution is 2.69. The quantitative estimate of drug-likeness (QED) is 0.456. The first-order chi connectivity index (χ1) is 15.5. The summed E-state index contributed by atoms with van der Waals surface area (Å²) in [5.41, 5.74) is 0.604. The van der Waals surface area contributed by atoms with Gasteiger partial charge in [-0.05, 0) is 83.0 Å². The largest absolute Gasteiger partial charge is 0.417 e. The van der Waals surface area contributed by atoms with Crippen LogP contribution in [0.3, 0.4) is 0 Å². The first-order valence-corrected chi connectivity index (χ1v) is 12.3. The Bertz CT molecular complexity index is 1090. The fraction of sp³-hybridized carbons (Fsp3) is 0.538. The van der Waals surface area contributed by atoms with Crippen LogP contribution in [0.4, 0.5) is 13.2 Å². The van der Waals surface area contributed by atoms with Crippen LogP contribution in [0.25, 0.3) is 0 Å². The maximum atomic E-state index is 14.2. The molecule has 4 aliphatic carbocycles. The Kier molecular flexibility index (Phi) is 5.33. The maximum absolute atomic E-state index is 14.2. The van der Waals surface area contributed by atoms with Crippen molar-refractivity contribution in [2.45, 2.75) is 69.6 Å². The highest BCUT2D eigenvalue weighted by molar-refractivity contribution is 9.12. The van der Waals surface area contributed by atoms with Crippen molar-refractivity contribution in [1.82, 2.24) is 0 Å². The Balaban J connectivity index is 1.71. The molecule has 0 unspecified atom stereocenters. The first kappa shape index (κ1) is 23.0. The number of Topliss-reactive ketones (excluding diaryl/α,β-unsaturated/α-hetero) is 1. The average Bonchev–Trinajstić information content (AvgIpc) is 3.07. The van der Waals surface area contributed by atoms with Gasteiger partial charge in [0, 0.05) is 23.3 Å². The smallest absolute Gasteiger partial charge is 0.380 e. The van der Waals surface area contributed by atoms with Crippen molar-refractivity contribution in [3.63, 3.8) is 0 Å². The molecule has 5 rings (SSSR count). The summed E-state index contributed by atoms with van der Waals surface area (Å²) in [6.07, 6.45) is -1.39. The minimum atomic E-state index is -4.70. The van der Waals surface area contributed by atoms with E-state index >= 15 is 0 Å². The Morgan fingerprint density at radius 3 is 2.42 bits per heavy atom. The van der Waals surface area contributed by atoms with Crippen LogP contribution in [0.5, 0.6) is 0 Å². The fourth-order valence-electron chi connectivity index (χ4n) is 7.29. The van der Waals surface area contributed by atoms with Gasteiger partial charge in [-0.15, -0.1) is 0 Å². The number of allylic oxidation sites excluding steroid dienone is 4. The van der Waals surface area contributed by atoms with E-state index in [1.54, 1.807) is 19.1 Å². The van der Waals surface area contributed by atoms with E-state index in [1.165, 1.54) is 0 Å². The van der Waals surface area contributed by atoms with Gasteiger partial charge in [-0.3, -0.25) is 9.59 Å². The number of hydrogen-bond acceptors (Lipinski definition) is 3. The minimum absolute atomic E-state index is 0.0666. The topological polar surface area (TPSA) is 54.4 Å². The molecule has 0 aromatic heterocycles. The van der Waals surface area contributed by atoms with Gasteiger partial charge < -0.3 is 5.11 Å². The average molecular weight is 523 g/mol. The monoisotopic (exact) mass is 522 g/mol. The number of ketones is 1. The molecule has 3 nitrogen and oxygen atoms in total. The molecule has 5 atom stereocenters. The van der Waals surface area contributed by atoms with Crippen molar-refractivity contribution < 1.29 is 27.9 Å². The normalized spacial score (nSPS) is 36.4. The van der Waals surface area contributed by atoms with Gasteiger partial charge in [-0.2, -0.15) is 13.2 Å². The van der Waals surface area contributed by atoms with Crippen molar-refractivity contribution in [2.75, 3.05) is 0 Å². The molecule has 0 bridgehead atoms. The second-order valence-electron chi connectivity index (χ2n) is 10.3. The van der Waals surface area contributed by atoms with Crippen LogP contribution in [0, 0.1) is 17.3 Å². The van der Waals surface area contributed by atoms with Gasteiger partial charge >= 0.3 is 6.18 Å². The molecule has 2 fully saturated rings. The lowest BCUT2D eigenvalue weighted by molar-refractivity contribution is -0.299. The number of rotatable bonds is 2. The lowest BCUT2D eigenvalue weighted by Crippen LogP contribution is -2.58. The van der Waals surface area contributed by atoms with Crippen molar-refractivity contribution in [2.24, 2.45) is 17.3 Å². The number of benzene rings is 1. The maximum Gasteiger partial charge on any atom is 0.417 e. The third kappa shape index (κ3) is 3.18. The number of carbonyl (C=O) groups excluding carboxylic acids is 2. The van der Waals surface area contributed by atoms with E-state index in [0.717, 1.165) is 28.6 Å². The summed E-state index contributed by atoms with van der Waals surface area (Å²) in [4.78, 5) is 23.5. The molecular weight excluding hydrogens is 497 g/mol. The molecule has 2 saturated carbocycles. The summed E-state index contributed by atoms with van der Waals surface area (Å²) in [6, 6.07) is 7.04. The van der Waals surface area contributed by atoms with Crippen molar-refractivity contribution in [1.29, 1.82) is 0 Å². The number of alkyl halides is 3. The molecular formula is C26H26BrF3O3. The Hall–Kier alpha value is -1.73. The molecule has 1 aromatic carbocycles. The Labute approximate surface area is 199 Å². The lowest BCUT2D eigenvalue weighted by Gasteiger charge is -2.55. The zero-order chi connectivity index (χ0) is 23.8. The van der Waals surface area contributed by atoms with Gasteiger partial charge in [0.05, 0.1) is 4.48 Å². The summed E-state index contributed by atoms with van der Waals surface area (Å²) in [5, 5.41) is 11.1. The standard InChI is InChI=1S/C26H26BrF3O3/c1-24-12-19(15-4-2-14(13-31)3-5-15)22-16-8-9-21(32)23(27)17(16)6-7-18(22)20(24)10-11-25(24,33)26(28,29)30/h2-5,13,18-20,33H,6-12H2,1H3/t18-,19+,20-,24-,25-/m0/s1. The van der Waals surface area contributed by atoms with E-state index in [0.29, 0.717) is 42.1 Å². The van der Waals surface area contributed by atoms with E-state index < -0.39 is 17.2 Å². The van der Waals surface area contributed by atoms with Crippen molar-refractivity contribution >= 4 is 28.0 Å². The summed E-state index contributed by atoms with van der Waals surface area (Å²) in [5.74, 6) is -0.562. The number of halogens is 4. The molecule has 4 aliphatic rings. The third-order valence-electron chi connectivity index (χ3n) is 8.94. The van der Waals surface area contributed by atoms with Gasteiger partial charge in [0.25, 0.3) is 0 Å². The van der Waals surface area contributed by atoms with Crippen LogP contribution < -0.4 is 0 Å². The number of fused-ring (bicyclic) bond motifs is 4. The van der Waals surface area contributed by atoms with E-state index in [2.05, 4.69) is 15.9 Å². The van der Waals surface area contributed by atoms with E-state index in [1.807, 2.05) is 12.1 Å². The molecule has 0 radical (unpaired) electrons. The number of aldehydes is 1. The van der Waals surface area contributed by atoms with Crippen LogP contribution >= 0.6 is 15.9 Å². The van der Waals surface area contributed by atoms with E-state index in [9.17, 15) is 27.9 Å². The van der Waals surface area contributed by atoms with Crippen molar-refractivity contribution in [3.8, 4) is 0 Å². The molecule has 0 heterocycles. The van der Waals surface area contributed by atoms with Gasteiger partial charge in [0.2, 0.25) is 0 Å². The summed E-state index contributed by atoms with van der Waals surface area (Å²) in [7, 11) is 0. The van der Waals surface area contributed by atoms with Crippen LogP contribution in [-0.2, 0) is 4.79 Å². The lowest BCUT2D eigenvalue weighted by atomic mass is 9.51. The molecule has 1 aromatic rings. The molecule has 0 spiro atoms. The van der Waals surface area contributed by atoms with Crippen LogP contribution in [0.2, 0.25) is 0 Å². The molecule has 1 N–H and O–H groups in total. The zero-order valence-electron chi connectivity index (χ0n) is 18.3. The predicted octanol–water partition coefficient (Wildman–Crippen LogP) is 6.41. The SMILES string of the molecule is C[C@]12C[C@H](c3ccc(C=O)cc3)C3=C4CCC(=O)C(Br)=C4CC[C@H]3[C@@H]1CC[C@@]2(O)C(F)(F)F. The highest BCUT2D eigenvalue weighted by atomic mass is 79.9. The molecule has 33 heavy (non-hydrogen) atoms. The van der Waals surface area contributed by atoms with E-state index in [-0.39, 0.29) is 36.4 Å². The molecule has 0 saturated heterocycles. The summed E-state index contributed by atoms with van der Waals surface area (Å²) >= 11 is 3.49. The second kappa shape index (κ2) is 7.64. The fourth-order valence-corrected chi connectivity index (χ4v) is 7.93. The molecule has 0 amide bonds. The minimum Gasteiger partial charge on any atom is -0.380 e. The van der Waals surface area contributed by atoms with Gasteiger partial charge in [0.15, 0.2) is 11.4 Å². The number of carbonyl (C=O) groups is 2. The highest BCUT2D eigenvalue weighted by Gasteiger charge is 2.72. The van der Waals surface area contributed by atoms with Gasteiger partial charge in [-0.25, -0.2) is 0 Å². The Morgan fingerprint density at radius 2 is 1.79 bits per heavy atom. The van der Waals surface area contributed by atoms with Gasteiger partial charge in [-0.1, -0.05) is 36.8 Å². The van der Waals surface area contributed by atoms with Crippen LogP contribution in [0.1, 0.15) is 73.7 Å². The van der Waals surface area contributed by atoms with Gasteiger partial charge in [0.1, 0.15) is 6.29 Å². The summed E-state index contributed by atoms with van der Waals surface area (Å²) < 4.78 is 43.3. The third-order valence-corrected chi connectivity index (χ3v) is 9.86. The van der Waals surface area contributed by atoms with Crippen LogP contribution in [-0.4, -0.2) is 29.0 Å². The van der Waals surface area contributed by atoms with Crippen molar-refractivity contribution in [3.05, 3.63) is 56.6 Å². The second-order valence-corrected chi connectivity index (χ2v) is 11.0. The molecule has 176 valence electrons. The number of hydrogen-bond donors (Lipinski definition) is 1. The Morgan fingerprint density at radius 1 is 1.09 bits per heavy atom.